The summed E-state index contributed by atoms with van der Waals surface area (Å²) in [6.45, 7) is 0.645. The van der Waals surface area contributed by atoms with Gasteiger partial charge in [-0.1, -0.05) is 12.1 Å². The topological polar surface area (TPSA) is 70.0 Å². The fourth-order valence-electron chi connectivity index (χ4n) is 2.14. The molecule has 1 heterocycles. The van der Waals surface area contributed by atoms with E-state index in [1.165, 1.54) is 0 Å². The van der Waals surface area contributed by atoms with Crippen LogP contribution in [0.1, 0.15) is 24.0 Å². The Morgan fingerprint density at radius 3 is 2.67 bits per heavy atom. The summed E-state index contributed by atoms with van der Waals surface area (Å²) in [7, 11) is -2.85. The number of sulfone groups is 1. The van der Waals surface area contributed by atoms with Crippen LogP contribution in [0.3, 0.4) is 0 Å². The summed E-state index contributed by atoms with van der Waals surface area (Å²) in [4.78, 5) is 0. The molecule has 0 spiro atoms. The number of rotatable bonds is 3. The molecule has 1 atom stereocenters. The first-order valence-corrected chi connectivity index (χ1v) is 7.84. The largest absolute Gasteiger partial charge is 0.309 e. The average molecular weight is 264 g/mol. The molecule has 1 aromatic rings. The van der Waals surface area contributed by atoms with E-state index in [-0.39, 0.29) is 11.8 Å². The van der Waals surface area contributed by atoms with E-state index in [4.69, 9.17) is 5.26 Å². The Morgan fingerprint density at radius 1 is 1.33 bits per heavy atom. The molecule has 2 rings (SSSR count). The normalized spacial score (nSPS) is 22.3. The van der Waals surface area contributed by atoms with Crippen LogP contribution < -0.4 is 5.32 Å². The Balaban J connectivity index is 1.89. The maximum atomic E-state index is 11.5. The summed E-state index contributed by atoms with van der Waals surface area (Å²) < 4.78 is 23.0. The van der Waals surface area contributed by atoms with Gasteiger partial charge in [0.1, 0.15) is 0 Å². The van der Waals surface area contributed by atoms with E-state index in [2.05, 4.69) is 11.4 Å². The molecule has 1 N–H and O–H groups in total. The molecule has 5 heteroatoms. The van der Waals surface area contributed by atoms with Crippen molar-refractivity contribution in [1.82, 2.24) is 5.32 Å². The zero-order valence-corrected chi connectivity index (χ0v) is 10.9. The third-order valence-electron chi connectivity index (χ3n) is 3.14. The van der Waals surface area contributed by atoms with Gasteiger partial charge in [-0.15, -0.1) is 0 Å². The highest BCUT2D eigenvalue weighted by Gasteiger charge is 2.23. The van der Waals surface area contributed by atoms with Gasteiger partial charge in [0.2, 0.25) is 0 Å². The van der Waals surface area contributed by atoms with E-state index < -0.39 is 9.84 Å². The van der Waals surface area contributed by atoms with Crippen LogP contribution in [0.2, 0.25) is 0 Å². The SMILES string of the molecule is N#Cc1ccc(CNC2CCCS(=O)(=O)C2)cc1. The highest BCUT2D eigenvalue weighted by Crippen LogP contribution is 2.13. The zero-order chi connectivity index (χ0) is 13.0. The van der Waals surface area contributed by atoms with E-state index in [0.717, 1.165) is 18.4 Å². The summed E-state index contributed by atoms with van der Waals surface area (Å²) >= 11 is 0. The van der Waals surface area contributed by atoms with Crippen molar-refractivity contribution >= 4 is 9.84 Å². The summed E-state index contributed by atoms with van der Waals surface area (Å²) in [5.41, 5.74) is 1.70. The van der Waals surface area contributed by atoms with E-state index in [9.17, 15) is 8.42 Å². The number of nitriles is 1. The Labute approximate surface area is 108 Å². The van der Waals surface area contributed by atoms with Gasteiger partial charge in [0.05, 0.1) is 23.1 Å². The first-order valence-electron chi connectivity index (χ1n) is 6.02. The van der Waals surface area contributed by atoms with Gasteiger partial charge >= 0.3 is 0 Å². The van der Waals surface area contributed by atoms with Crippen LogP contribution in [-0.4, -0.2) is 26.0 Å². The molecule has 0 saturated carbocycles. The number of benzene rings is 1. The molecule has 0 bridgehead atoms. The van der Waals surface area contributed by atoms with Crippen molar-refractivity contribution in [2.45, 2.75) is 25.4 Å². The van der Waals surface area contributed by atoms with Crippen LogP contribution in [0.4, 0.5) is 0 Å². The molecule has 0 radical (unpaired) electrons. The molecule has 1 aliphatic rings. The molecule has 1 unspecified atom stereocenters. The van der Waals surface area contributed by atoms with E-state index in [0.29, 0.717) is 17.9 Å². The quantitative estimate of drug-likeness (QED) is 0.891. The lowest BCUT2D eigenvalue weighted by Gasteiger charge is -2.23. The van der Waals surface area contributed by atoms with Crippen molar-refractivity contribution in [2.75, 3.05) is 11.5 Å². The first-order chi connectivity index (χ1) is 8.59. The van der Waals surface area contributed by atoms with Crippen LogP contribution in [-0.2, 0) is 16.4 Å². The Bertz CT molecular complexity index is 543. The highest BCUT2D eigenvalue weighted by molar-refractivity contribution is 7.91. The van der Waals surface area contributed by atoms with Crippen molar-refractivity contribution in [2.24, 2.45) is 0 Å². The predicted octanol–water partition coefficient (Wildman–Crippen LogP) is 1.23. The minimum Gasteiger partial charge on any atom is -0.309 e. The number of hydrogen-bond donors (Lipinski definition) is 1. The number of hydrogen-bond acceptors (Lipinski definition) is 4. The Kier molecular flexibility index (Phi) is 4.00. The van der Waals surface area contributed by atoms with Gasteiger partial charge in [0.15, 0.2) is 9.84 Å². The van der Waals surface area contributed by atoms with Crippen molar-refractivity contribution < 1.29 is 8.42 Å². The molecular formula is C13H16N2O2S. The van der Waals surface area contributed by atoms with Gasteiger partial charge in [0, 0.05) is 12.6 Å². The average Bonchev–Trinajstić information content (AvgIpc) is 2.36. The minimum atomic E-state index is -2.85. The number of nitrogens with zero attached hydrogens (tertiary/aromatic N) is 1. The van der Waals surface area contributed by atoms with Crippen molar-refractivity contribution in [3.8, 4) is 6.07 Å². The zero-order valence-electron chi connectivity index (χ0n) is 10.1. The Morgan fingerprint density at radius 2 is 2.06 bits per heavy atom. The molecule has 96 valence electrons. The van der Waals surface area contributed by atoms with Gasteiger partial charge < -0.3 is 5.32 Å². The van der Waals surface area contributed by atoms with Gasteiger partial charge in [-0.25, -0.2) is 8.42 Å². The van der Waals surface area contributed by atoms with Gasteiger partial charge in [-0.2, -0.15) is 5.26 Å². The van der Waals surface area contributed by atoms with Crippen LogP contribution in [0, 0.1) is 11.3 Å². The predicted molar refractivity (Wildman–Crippen MR) is 69.7 cm³/mol. The minimum absolute atomic E-state index is 0.0550. The lowest BCUT2D eigenvalue weighted by atomic mass is 10.1. The van der Waals surface area contributed by atoms with Crippen molar-refractivity contribution in [3.63, 3.8) is 0 Å². The lowest BCUT2D eigenvalue weighted by Crippen LogP contribution is -2.39. The summed E-state index contributed by atoms with van der Waals surface area (Å²) in [6, 6.07) is 9.45. The summed E-state index contributed by atoms with van der Waals surface area (Å²) in [5, 5.41) is 12.0. The molecule has 18 heavy (non-hydrogen) atoms. The maximum Gasteiger partial charge on any atom is 0.151 e. The monoisotopic (exact) mass is 264 g/mol. The maximum absolute atomic E-state index is 11.5. The van der Waals surface area contributed by atoms with E-state index in [1.54, 1.807) is 12.1 Å². The van der Waals surface area contributed by atoms with Crippen molar-refractivity contribution in [1.29, 1.82) is 5.26 Å². The van der Waals surface area contributed by atoms with Crippen LogP contribution in [0.15, 0.2) is 24.3 Å². The van der Waals surface area contributed by atoms with Gasteiger partial charge in [-0.3, -0.25) is 0 Å². The summed E-state index contributed by atoms with van der Waals surface area (Å²) in [5.74, 6) is 0.561. The molecule has 1 saturated heterocycles. The molecule has 0 aromatic heterocycles. The fraction of sp³-hybridized carbons (Fsp3) is 0.462. The molecule has 4 nitrogen and oxygen atoms in total. The smallest absolute Gasteiger partial charge is 0.151 e. The molecular weight excluding hydrogens is 248 g/mol. The second kappa shape index (κ2) is 5.51. The molecule has 1 fully saturated rings. The molecule has 0 aliphatic carbocycles. The molecule has 1 aliphatic heterocycles. The second-order valence-corrected chi connectivity index (χ2v) is 6.87. The highest BCUT2D eigenvalue weighted by atomic mass is 32.2. The summed E-state index contributed by atoms with van der Waals surface area (Å²) in [6.07, 6.45) is 1.66. The molecule has 0 amide bonds. The Hall–Kier alpha value is -1.38. The van der Waals surface area contributed by atoms with Crippen molar-refractivity contribution in [3.05, 3.63) is 35.4 Å². The second-order valence-electron chi connectivity index (χ2n) is 4.64. The number of nitrogens with one attached hydrogen (secondary N) is 1. The van der Waals surface area contributed by atoms with Gasteiger partial charge in [0.25, 0.3) is 0 Å². The fourth-order valence-corrected chi connectivity index (χ4v) is 3.81. The standard InChI is InChI=1S/C13H16N2O2S/c14-8-11-3-5-12(6-4-11)9-15-13-2-1-7-18(16,17)10-13/h3-6,13,15H,1-2,7,9-10H2. The lowest BCUT2D eigenvalue weighted by molar-refractivity contribution is 0.480. The molecule has 1 aromatic carbocycles. The van der Waals surface area contributed by atoms with Crippen LogP contribution >= 0.6 is 0 Å². The van der Waals surface area contributed by atoms with Crippen LogP contribution in [0.5, 0.6) is 0 Å². The third-order valence-corrected chi connectivity index (χ3v) is 4.96. The third kappa shape index (κ3) is 3.56. The first kappa shape index (κ1) is 13.1. The van der Waals surface area contributed by atoms with E-state index >= 15 is 0 Å². The van der Waals surface area contributed by atoms with E-state index in [1.807, 2.05) is 12.1 Å². The van der Waals surface area contributed by atoms with Gasteiger partial charge in [-0.05, 0) is 30.5 Å². The van der Waals surface area contributed by atoms with Crippen LogP contribution in [0.25, 0.3) is 0 Å².